The summed E-state index contributed by atoms with van der Waals surface area (Å²) in [5.41, 5.74) is 7.98. The molecule has 5 nitrogen and oxygen atoms in total. The molecule has 1 atom stereocenters. The molecule has 0 aliphatic heterocycles. The summed E-state index contributed by atoms with van der Waals surface area (Å²) < 4.78 is 7.29. The minimum Gasteiger partial charge on any atom is -0.383 e. The molecule has 0 aliphatic carbocycles. The number of hydrogen-bond acceptors (Lipinski definition) is 4. The average Bonchev–Trinajstić information content (AvgIpc) is 2.68. The number of imidazole rings is 1. The SMILES string of the molecule is COCC(N)c1nc2cnccc2n1C(C)(C)C. The molecule has 0 fully saturated rings. The van der Waals surface area contributed by atoms with Crippen molar-refractivity contribution in [2.45, 2.75) is 32.4 Å². The summed E-state index contributed by atoms with van der Waals surface area (Å²) in [7, 11) is 1.64. The smallest absolute Gasteiger partial charge is 0.129 e. The first kappa shape index (κ1) is 13.0. The van der Waals surface area contributed by atoms with E-state index in [0.29, 0.717) is 6.61 Å². The summed E-state index contributed by atoms with van der Waals surface area (Å²) in [4.78, 5) is 8.70. The highest BCUT2D eigenvalue weighted by atomic mass is 16.5. The van der Waals surface area contributed by atoms with E-state index in [2.05, 4.69) is 35.3 Å². The molecule has 0 aliphatic rings. The highest BCUT2D eigenvalue weighted by Crippen LogP contribution is 2.27. The molecule has 5 heteroatoms. The molecule has 2 aromatic rings. The predicted molar refractivity (Wildman–Crippen MR) is 71.3 cm³/mol. The fraction of sp³-hybridized carbons (Fsp3) is 0.538. The first-order valence-corrected chi connectivity index (χ1v) is 6.02. The van der Waals surface area contributed by atoms with Crippen LogP contribution in [0.5, 0.6) is 0 Å². The number of methoxy groups -OCH3 is 1. The minimum atomic E-state index is -0.235. The van der Waals surface area contributed by atoms with E-state index in [4.69, 9.17) is 10.5 Å². The van der Waals surface area contributed by atoms with Gasteiger partial charge >= 0.3 is 0 Å². The van der Waals surface area contributed by atoms with E-state index in [1.165, 1.54) is 0 Å². The molecule has 2 N–H and O–H groups in total. The van der Waals surface area contributed by atoms with Crippen LogP contribution in [-0.4, -0.2) is 28.3 Å². The fourth-order valence-electron chi connectivity index (χ4n) is 2.16. The van der Waals surface area contributed by atoms with Gasteiger partial charge < -0.3 is 15.0 Å². The number of nitrogens with zero attached hydrogens (tertiary/aromatic N) is 3. The highest BCUT2D eigenvalue weighted by Gasteiger charge is 2.24. The lowest BCUT2D eigenvalue weighted by Crippen LogP contribution is -2.29. The van der Waals surface area contributed by atoms with Gasteiger partial charge in [0.05, 0.1) is 24.4 Å². The monoisotopic (exact) mass is 248 g/mol. The number of fused-ring (bicyclic) bond motifs is 1. The maximum atomic E-state index is 6.14. The molecule has 0 saturated heterocycles. The zero-order valence-electron chi connectivity index (χ0n) is 11.3. The van der Waals surface area contributed by atoms with Crippen molar-refractivity contribution in [1.29, 1.82) is 0 Å². The molecular formula is C13H20N4O. The van der Waals surface area contributed by atoms with Crippen molar-refractivity contribution < 1.29 is 4.74 Å². The molecule has 2 aromatic heterocycles. The molecule has 98 valence electrons. The fourth-order valence-corrected chi connectivity index (χ4v) is 2.16. The van der Waals surface area contributed by atoms with Gasteiger partial charge in [0.2, 0.25) is 0 Å². The van der Waals surface area contributed by atoms with Crippen molar-refractivity contribution in [2.75, 3.05) is 13.7 Å². The van der Waals surface area contributed by atoms with Crippen molar-refractivity contribution in [3.8, 4) is 0 Å². The number of nitrogens with two attached hydrogens (primary N) is 1. The molecule has 0 radical (unpaired) electrons. The second-order valence-corrected chi connectivity index (χ2v) is 5.40. The van der Waals surface area contributed by atoms with Crippen molar-refractivity contribution in [3.05, 3.63) is 24.3 Å². The van der Waals surface area contributed by atoms with Gasteiger partial charge in [-0.3, -0.25) is 4.98 Å². The molecular weight excluding hydrogens is 228 g/mol. The van der Waals surface area contributed by atoms with Gasteiger partial charge in [-0.05, 0) is 26.8 Å². The van der Waals surface area contributed by atoms with Gasteiger partial charge in [0.25, 0.3) is 0 Å². The van der Waals surface area contributed by atoms with E-state index < -0.39 is 0 Å². The van der Waals surface area contributed by atoms with Crippen LogP contribution < -0.4 is 5.73 Å². The van der Waals surface area contributed by atoms with Gasteiger partial charge in [0.1, 0.15) is 11.3 Å². The Balaban J connectivity index is 2.64. The van der Waals surface area contributed by atoms with Gasteiger partial charge in [-0.25, -0.2) is 4.98 Å². The quantitative estimate of drug-likeness (QED) is 0.900. The summed E-state index contributed by atoms with van der Waals surface area (Å²) in [5.74, 6) is 0.840. The molecule has 18 heavy (non-hydrogen) atoms. The van der Waals surface area contributed by atoms with Gasteiger partial charge in [-0.15, -0.1) is 0 Å². The summed E-state index contributed by atoms with van der Waals surface area (Å²) in [6, 6.07) is 1.73. The van der Waals surface area contributed by atoms with Crippen molar-refractivity contribution in [3.63, 3.8) is 0 Å². The first-order valence-electron chi connectivity index (χ1n) is 6.02. The van der Waals surface area contributed by atoms with Crippen LogP contribution in [0.15, 0.2) is 18.5 Å². The zero-order valence-corrected chi connectivity index (χ0v) is 11.3. The molecule has 0 amide bonds. The van der Waals surface area contributed by atoms with E-state index in [9.17, 15) is 0 Å². The Morgan fingerprint density at radius 3 is 2.78 bits per heavy atom. The standard InChI is InChI=1S/C13H20N4O/c1-13(2,3)17-11-5-6-15-7-10(11)16-12(17)9(14)8-18-4/h5-7,9H,8,14H2,1-4H3. The summed E-state index contributed by atoms with van der Waals surface area (Å²) in [6.45, 7) is 6.86. The Morgan fingerprint density at radius 1 is 1.44 bits per heavy atom. The van der Waals surface area contributed by atoms with E-state index in [1.54, 1.807) is 19.5 Å². The predicted octanol–water partition coefficient (Wildman–Crippen LogP) is 1.83. The largest absolute Gasteiger partial charge is 0.383 e. The Hall–Kier alpha value is -1.46. The number of hydrogen-bond donors (Lipinski definition) is 1. The van der Waals surface area contributed by atoms with Crippen LogP contribution in [0.1, 0.15) is 32.6 Å². The zero-order chi connectivity index (χ0) is 13.3. The second kappa shape index (κ2) is 4.66. The van der Waals surface area contributed by atoms with Crippen LogP contribution in [-0.2, 0) is 10.3 Å². The normalized spacial score (nSPS) is 14.1. The lowest BCUT2D eigenvalue weighted by atomic mass is 10.1. The van der Waals surface area contributed by atoms with Crippen LogP contribution in [0, 0.1) is 0 Å². The molecule has 1 unspecified atom stereocenters. The summed E-state index contributed by atoms with van der Waals surface area (Å²) in [6.07, 6.45) is 3.54. The van der Waals surface area contributed by atoms with Gasteiger partial charge in [-0.2, -0.15) is 0 Å². The van der Waals surface area contributed by atoms with E-state index in [0.717, 1.165) is 16.9 Å². The van der Waals surface area contributed by atoms with Gasteiger partial charge in [-0.1, -0.05) is 0 Å². The third-order valence-electron chi connectivity index (χ3n) is 2.83. The second-order valence-electron chi connectivity index (χ2n) is 5.40. The van der Waals surface area contributed by atoms with Crippen LogP contribution in [0.2, 0.25) is 0 Å². The van der Waals surface area contributed by atoms with E-state index >= 15 is 0 Å². The topological polar surface area (TPSA) is 66.0 Å². The van der Waals surface area contributed by atoms with Crippen LogP contribution >= 0.6 is 0 Å². The van der Waals surface area contributed by atoms with E-state index in [1.807, 2.05) is 6.07 Å². The van der Waals surface area contributed by atoms with Crippen molar-refractivity contribution in [1.82, 2.24) is 14.5 Å². The Labute approximate surface area is 107 Å². The molecule has 0 spiro atoms. The lowest BCUT2D eigenvalue weighted by Gasteiger charge is -2.26. The third-order valence-corrected chi connectivity index (χ3v) is 2.83. The van der Waals surface area contributed by atoms with Crippen LogP contribution in [0.25, 0.3) is 11.0 Å². The third kappa shape index (κ3) is 2.23. The average molecular weight is 248 g/mol. The minimum absolute atomic E-state index is 0.0865. The maximum absolute atomic E-state index is 6.14. The van der Waals surface area contributed by atoms with Gasteiger partial charge in [0, 0.05) is 18.8 Å². The number of aromatic nitrogens is 3. The summed E-state index contributed by atoms with van der Waals surface area (Å²) >= 11 is 0. The molecule has 2 heterocycles. The highest BCUT2D eigenvalue weighted by molar-refractivity contribution is 5.75. The Bertz CT molecular complexity index is 541. The maximum Gasteiger partial charge on any atom is 0.129 e. The number of ether oxygens (including phenoxy) is 1. The first-order chi connectivity index (χ1) is 8.45. The summed E-state index contributed by atoms with van der Waals surface area (Å²) in [5, 5.41) is 0. The number of rotatable bonds is 3. The Kier molecular flexibility index (Phi) is 3.36. The molecule has 0 saturated carbocycles. The lowest BCUT2D eigenvalue weighted by molar-refractivity contribution is 0.174. The van der Waals surface area contributed by atoms with Crippen molar-refractivity contribution in [2.24, 2.45) is 5.73 Å². The molecule has 2 rings (SSSR count). The van der Waals surface area contributed by atoms with Crippen LogP contribution in [0.3, 0.4) is 0 Å². The molecule has 0 bridgehead atoms. The number of pyridine rings is 1. The van der Waals surface area contributed by atoms with Crippen molar-refractivity contribution >= 4 is 11.0 Å². The van der Waals surface area contributed by atoms with Gasteiger partial charge in [0.15, 0.2) is 0 Å². The van der Waals surface area contributed by atoms with E-state index in [-0.39, 0.29) is 11.6 Å². The van der Waals surface area contributed by atoms with Crippen LogP contribution in [0.4, 0.5) is 0 Å². The molecule has 0 aromatic carbocycles. The Morgan fingerprint density at radius 2 is 2.17 bits per heavy atom.